The molecule has 0 amide bonds. The van der Waals surface area contributed by atoms with Crippen molar-refractivity contribution >= 4 is 21.8 Å². The number of hydrogen-bond donors (Lipinski definition) is 0. The van der Waals surface area contributed by atoms with Gasteiger partial charge in [-0.3, -0.25) is 14.1 Å². The van der Waals surface area contributed by atoms with Gasteiger partial charge in [0.05, 0.1) is 28.1 Å². The van der Waals surface area contributed by atoms with Crippen LogP contribution in [0.1, 0.15) is 0 Å². The van der Waals surface area contributed by atoms with Gasteiger partial charge in [-0.25, -0.2) is 0 Å². The molecular formula is C70H47N3O. The van der Waals surface area contributed by atoms with Crippen LogP contribution in [0, 0.1) is 6.33 Å². The van der Waals surface area contributed by atoms with Gasteiger partial charge in [-0.05, 0) is 145 Å². The molecule has 0 aliphatic carbocycles. The molecule has 2 aromatic heterocycles. The van der Waals surface area contributed by atoms with Crippen LogP contribution in [0.4, 0.5) is 0 Å². The summed E-state index contributed by atoms with van der Waals surface area (Å²) in [5, 5.41) is 2.26. The molecule has 0 atom stereocenters. The molecule has 11 aromatic carbocycles. The first kappa shape index (κ1) is 44.1. The molecule has 0 bridgehead atoms. The van der Waals surface area contributed by atoms with Crippen LogP contribution in [0.15, 0.2) is 285 Å². The van der Waals surface area contributed by atoms with Crippen molar-refractivity contribution in [2.45, 2.75) is 0 Å². The maximum atomic E-state index is 6.68. The van der Waals surface area contributed by atoms with Gasteiger partial charge in [-0.15, -0.1) is 0 Å². The Morgan fingerprint density at radius 3 is 1.35 bits per heavy atom. The molecule has 2 heterocycles. The minimum atomic E-state index is 0.710. The van der Waals surface area contributed by atoms with E-state index >= 15 is 0 Å². The number of aromatic nitrogens is 3. The van der Waals surface area contributed by atoms with Crippen molar-refractivity contribution < 1.29 is 9.30 Å². The molecule has 4 heteroatoms. The van der Waals surface area contributed by atoms with E-state index in [9.17, 15) is 0 Å². The van der Waals surface area contributed by atoms with Crippen molar-refractivity contribution in [3.8, 4) is 101 Å². The Morgan fingerprint density at radius 1 is 0.338 bits per heavy atom. The highest BCUT2D eigenvalue weighted by Gasteiger charge is 2.22. The van der Waals surface area contributed by atoms with E-state index in [0.717, 1.165) is 117 Å². The smallest absolute Gasteiger partial charge is 0.269 e. The lowest BCUT2D eigenvalue weighted by Crippen LogP contribution is -2.31. The monoisotopic (exact) mass is 945 g/mol. The molecule has 0 spiro atoms. The van der Waals surface area contributed by atoms with E-state index in [2.05, 4.69) is 264 Å². The molecule has 0 saturated carbocycles. The number of ether oxygens (including phenoxy) is 1. The topological polar surface area (TPSA) is 30.9 Å². The minimum Gasteiger partial charge on any atom is -0.458 e. The van der Waals surface area contributed by atoms with Crippen LogP contribution >= 0.6 is 0 Å². The lowest BCUT2D eigenvalue weighted by atomic mass is 9.89. The molecule has 4 nitrogen and oxygen atoms in total. The van der Waals surface area contributed by atoms with Gasteiger partial charge in [0.2, 0.25) is 0 Å². The second-order valence-corrected chi connectivity index (χ2v) is 18.6. The van der Waals surface area contributed by atoms with Crippen LogP contribution in [-0.2, 0) is 0 Å². The van der Waals surface area contributed by atoms with Crippen LogP contribution < -0.4 is 9.30 Å². The number of fused-ring (bicyclic) bond motifs is 2. The van der Waals surface area contributed by atoms with Crippen molar-refractivity contribution in [3.63, 3.8) is 0 Å². The normalized spacial score (nSPS) is 11.2. The molecule has 0 fully saturated rings. The second-order valence-electron chi connectivity index (χ2n) is 18.6. The Balaban J connectivity index is 1.00. The van der Waals surface area contributed by atoms with E-state index in [4.69, 9.17) is 9.72 Å². The van der Waals surface area contributed by atoms with Gasteiger partial charge < -0.3 is 4.74 Å². The molecule has 13 aromatic rings. The minimum absolute atomic E-state index is 0.710. The third-order valence-corrected chi connectivity index (χ3v) is 13.8. The van der Waals surface area contributed by atoms with Gasteiger partial charge in [-0.2, -0.15) is 0 Å². The fourth-order valence-electron chi connectivity index (χ4n) is 10.2. The van der Waals surface area contributed by atoms with Gasteiger partial charge in [-0.1, -0.05) is 206 Å². The summed E-state index contributed by atoms with van der Waals surface area (Å²) in [6.45, 7) is 0. The van der Waals surface area contributed by atoms with Crippen molar-refractivity contribution in [1.82, 2.24) is 9.55 Å². The van der Waals surface area contributed by atoms with Crippen LogP contribution in [0.3, 0.4) is 0 Å². The highest BCUT2D eigenvalue weighted by atomic mass is 16.5. The number of imidazole rings is 1. The lowest BCUT2D eigenvalue weighted by molar-refractivity contribution is -0.571. The molecule has 0 radical (unpaired) electrons. The lowest BCUT2D eigenvalue weighted by Gasteiger charge is -2.20. The number of nitrogens with zero attached hydrogens (tertiary/aromatic N) is 3. The SMILES string of the molecule is [c-]1n(-c2cccc(Oc3cccc(-c4cc5ccccc5cn4)c3)c2)c2ccccc2[n+]1-c1c(-c2cc(-c3ccccc3)cc(-c3ccccc3)c2)cccc1-c1cc(-c2ccccc2)cc(-c2ccccc2)c1. The van der Waals surface area contributed by atoms with E-state index in [1.807, 2.05) is 36.5 Å². The Labute approximate surface area is 431 Å². The Hall–Kier alpha value is -9.90. The predicted molar refractivity (Wildman–Crippen MR) is 304 cm³/mol. The van der Waals surface area contributed by atoms with E-state index in [1.165, 1.54) is 0 Å². The van der Waals surface area contributed by atoms with Gasteiger partial charge in [0.25, 0.3) is 6.33 Å². The molecule has 0 N–H and O–H groups in total. The van der Waals surface area contributed by atoms with Gasteiger partial charge >= 0.3 is 0 Å². The van der Waals surface area contributed by atoms with Gasteiger partial charge in [0, 0.05) is 17.1 Å². The first-order chi connectivity index (χ1) is 36.6. The zero-order valence-corrected chi connectivity index (χ0v) is 40.4. The van der Waals surface area contributed by atoms with Crippen molar-refractivity contribution in [2.24, 2.45) is 0 Å². The molecule has 0 aliphatic heterocycles. The standard InChI is InChI=1S/C70H47N3O/c1-5-20-49(21-6-1)56-38-57(50-22-7-2-8-23-50)41-60(40-56)65-34-19-35-66(61-42-58(51-24-9-3-10-25-51)39-59(43-61)52-26-11-4-12-27-52)70(65)73-48-72(68-36-15-16-37-69(68)73)62-31-18-33-64(46-62)74-63-32-17-30-54(44-63)67-45-53-28-13-14-29-55(53)47-71-67/h1-47H. The highest BCUT2D eigenvalue weighted by Crippen LogP contribution is 2.41. The summed E-state index contributed by atoms with van der Waals surface area (Å²) >= 11 is 0. The summed E-state index contributed by atoms with van der Waals surface area (Å²) < 4.78 is 11.1. The number of hydrogen-bond acceptors (Lipinski definition) is 2. The number of pyridine rings is 1. The average Bonchev–Trinajstić information content (AvgIpc) is 3.87. The van der Waals surface area contributed by atoms with E-state index in [-0.39, 0.29) is 0 Å². The maximum Gasteiger partial charge on any atom is 0.269 e. The number of para-hydroxylation sites is 3. The van der Waals surface area contributed by atoms with Gasteiger partial charge in [0.1, 0.15) is 11.5 Å². The molecule has 348 valence electrons. The number of benzene rings is 11. The summed E-state index contributed by atoms with van der Waals surface area (Å²) in [5.74, 6) is 1.44. The summed E-state index contributed by atoms with van der Waals surface area (Å²) in [6.07, 6.45) is 5.86. The molecule has 0 saturated heterocycles. The largest absolute Gasteiger partial charge is 0.458 e. The first-order valence-electron chi connectivity index (χ1n) is 25.0. The fraction of sp³-hybridized carbons (Fsp3) is 0. The van der Waals surface area contributed by atoms with E-state index in [1.54, 1.807) is 0 Å². The molecule has 0 unspecified atom stereocenters. The maximum absolute atomic E-state index is 6.68. The summed E-state index contributed by atoms with van der Waals surface area (Å²) in [7, 11) is 0. The van der Waals surface area contributed by atoms with Crippen molar-refractivity contribution in [1.29, 1.82) is 0 Å². The Kier molecular flexibility index (Phi) is 11.5. The predicted octanol–water partition coefficient (Wildman–Crippen LogP) is 17.7. The summed E-state index contributed by atoms with van der Waals surface area (Å²) in [4.78, 5) is 4.79. The van der Waals surface area contributed by atoms with Crippen LogP contribution in [0.5, 0.6) is 11.5 Å². The molecule has 13 rings (SSSR count). The third-order valence-electron chi connectivity index (χ3n) is 13.8. The number of rotatable bonds is 11. The molecule has 74 heavy (non-hydrogen) atoms. The zero-order valence-electron chi connectivity index (χ0n) is 40.4. The van der Waals surface area contributed by atoms with Gasteiger partial charge in [0.15, 0.2) is 0 Å². The van der Waals surface area contributed by atoms with E-state index < -0.39 is 0 Å². The van der Waals surface area contributed by atoms with Crippen LogP contribution in [0.25, 0.3) is 111 Å². The third kappa shape index (κ3) is 8.71. The first-order valence-corrected chi connectivity index (χ1v) is 25.0. The van der Waals surface area contributed by atoms with Crippen molar-refractivity contribution in [2.75, 3.05) is 0 Å². The summed E-state index contributed by atoms with van der Waals surface area (Å²) in [6, 6.07) is 98.9. The fourth-order valence-corrected chi connectivity index (χ4v) is 10.2. The highest BCUT2D eigenvalue weighted by molar-refractivity contribution is 5.91. The average molecular weight is 946 g/mol. The second kappa shape index (κ2) is 19.4. The van der Waals surface area contributed by atoms with Crippen molar-refractivity contribution in [3.05, 3.63) is 292 Å². The molecular weight excluding hydrogens is 899 g/mol. The quantitative estimate of drug-likeness (QED) is 0.0955. The van der Waals surface area contributed by atoms with Crippen LogP contribution in [-0.4, -0.2) is 9.55 Å². The molecule has 0 aliphatic rings. The zero-order chi connectivity index (χ0) is 49.2. The Morgan fingerprint density at radius 2 is 0.784 bits per heavy atom. The van der Waals surface area contributed by atoms with Crippen LogP contribution in [0.2, 0.25) is 0 Å². The summed E-state index contributed by atoms with van der Waals surface area (Å²) in [5.41, 5.74) is 19.3. The Bertz CT molecular complexity index is 3890. The van der Waals surface area contributed by atoms with E-state index in [0.29, 0.717) is 5.75 Å².